The molecule has 0 saturated heterocycles. The largest absolute Gasteiger partial charge is 0.350 e. The Balaban J connectivity index is 1.90. The van der Waals surface area contributed by atoms with Crippen molar-refractivity contribution in [2.45, 2.75) is 52.6 Å². The van der Waals surface area contributed by atoms with E-state index < -0.39 is 6.04 Å². The normalized spacial score (nSPS) is 12.3. The van der Waals surface area contributed by atoms with Gasteiger partial charge in [0.15, 0.2) is 0 Å². The lowest BCUT2D eigenvalue weighted by Gasteiger charge is -2.19. The number of hydrogen-bond acceptors (Lipinski definition) is 2. The number of hydrogen-bond donors (Lipinski definition) is 2. The van der Waals surface area contributed by atoms with Gasteiger partial charge in [-0.05, 0) is 42.5 Å². The van der Waals surface area contributed by atoms with Crippen LogP contribution in [0.5, 0.6) is 0 Å². The maximum atomic E-state index is 12.3. The molecule has 2 amide bonds. The molecule has 0 heterocycles. The van der Waals surface area contributed by atoms with E-state index in [0.29, 0.717) is 12.1 Å². The second kappa shape index (κ2) is 8.17. The first-order valence-electron chi connectivity index (χ1n) is 8.91. The van der Waals surface area contributed by atoms with Crippen LogP contribution in [0.4, 0.5) is 0 Å². The van der Waals surface area contributed by atoms with Crippen molar-refractivity contribution >= 4 is 11.8 Å². The van der Waals surface area contributed by atoms with Crippen LogP contribution >= 0.6 is 0 Å². The molecule has 0 fully saturated rings. The molecular formula is C22H28N2O2. The van der Waals surface area contributed by atoms with E-state index in [1.54, 1.807) is 19.1 Å². The van der Waals surface area contributed by atoms with Gasteiger partial charge in [0, 0.05) is 12.1 Å². The molecule has 0 radical (unpaired) electrons. The zero-order valence-corrected chi connectivity index (χ0v) is 16.2. The second-order valence-electron chi connectivity index (χ2n) is 7.73. The van der Waals surface area contributed by atoms with Gasteiger partial charge in [-0.1, -0.05) is 62.7 Å². The van der Waals surface area contributed by atoms with Crippen molar-refractivity contribution in [3.8, 4) is 0 Å². The van der Waals surface area contributed by atoms with Crippen LogP contribution in [0.3, 0.4) is 0 Å². The van der Waals surface area contributed by atoms with Crippen molar-refractivity contribution in [2.75, 3.05) is 0 Å². The van der Waals surface area contributed by atoms with Gasteiger partial charge in [0.2, 0.25) is 5.91 Å². The topological polar surface area (TPSA) is 58.2 Å². The Morgan fingerprint density at radius 3 is 2.27 bits per heavy atom. The summed E-state index contributed by atoms with van der Waals surface area (Å²) in [6.07, 6.45) is 0. The summed E-state index contributed by atoms with van der Waals surface area (Å²) in [4.78, 5) is 24.6. The van der Waals surface area contributed by atoms with Gasteiger partial charge < -0.3 is 10.6 Å². The molecule has 0 bridgehead atoms. The number of benzene rings is 2. The fourth-order valence-corrected chi connectivity index (χ4v) is 2.63. The molecule has 0 spiro atoms. The second-order valence-corrected chi connectivity index (χ2v) is 7.73. The minimum Gasteiger partial charge on any atom is -0.350 e. The Labute approximate surface area is 156 Å². The highest BCUT2D eigenvalue weighted by Crippen LogP contribution is 2.22. The van der Waals surface area contributed by atoms with E-state index >= 15 is 0 Å². The van der Waals surface area contributed by atoms with Gasteiger partial charge in [0.25, 0.3) is 5.91 Å². The van der Waals surface area contributed by atoms with Crippen LogP contribution in [0, 0.1) is 6.92 Å². The van der Waals surface area contributed by atoms with Gasteiger partial charge in [-0.25, -0.2) is 0 Å². The summed E-state index contributed by atoms with van der Waals surface area (Å²) in [7, 11) is 0. The molecular weight excluding hydrogens is 324 g/mol. The third-order valence-corrected chi connectivity index (χ3v) is 4.30. The molecule has 1 atom stereocenters. The number of aryl methyl sites for hydroxylation is 1. The molecule has 0 aliphatic heterocycles. The van der Waals surface area contributed by atoms with Crippen molar-refractivity contribution in [1.82, 2.24) is 10.6 Å². The molecule has 2 N–H and O–H groups in total. The standard InChI is InChI=1S/C22H28N2O2/c1-15-7-6-8-17(13-15)14-23-20(25)16(2)24-21(26)18-9-11-19(12-10-18)22(3,4)5/h6-13,16H,14H2,1-5H3,(H,23,25)(H,24,26). The van der Waals surface area contributed by atoms with Crippen molar-refractivity contribution in [1.29, 1.82) is 0 Å². The molecule has 0 aliphatic carbocycles. The highest BCUT2D eigenvalue weighted by Gasteiger charge is 2.18. The van der Waals surface area contributed by atoms with Gasteiger partial charge >= 0.3 is 0 Å². The van der Waals surface area contributed by atoms with Crippen LogP contribution in [-0.2, 0) is 16.8 Å². The van der Waals surface area contributed by atoms with Crippen LogP contribution in [0.25, 0.3) is 0 Å². The fraction of sp³-hybridized carbons (Fsp3) is 0.364. The van der Waals surface area contributed by atoms with Crippen LogP contribution in [-0.4, -0.2) is 17.9 Å². The maximum Gasteiger partial charge on any atom is 0.251 e. The van der Waals surface area contributed by atoms with Crippen LogP contribution in [0.1, 0.15) is 54.7 Å². The summed E-state index contributed by atoms with van der Waals surface area (Å²) in [6.45, 7) is 10.5. The predicted octanol–water partition coefficient (Wildman–Crippen LogP) is 3.73. The summed E-state index contributed by atoms with van der Waals surface area (Å²) in [6, 6.07) is 14.9. The lowest BCUT2D eigenvalue weighted by atomic mass is 9.86. The lowest BCUT2D eigenvalue weighted by Crippen LogP contribution is -2.44. The van der Waals surface area contributed by atoms with Crippen molar-refractivity contribution in [3.05, 3.63) is 70.8 Å². The molecule has 2 aromatic rings. The SMILES string of the molecule is Cc1cccc(CNC(=O)C(C)NC(=O)c2ccc(C(C)(C)C)cc2)c1. The molecule has 1 unspecified atom stereocenters. The van der Waals surface area contributed by atoms with Gasteiger partial charge in [-0.3, -0.25) is 9.59 Å². The summed E-state index contributed by atoms with van der Waals surface area (Å²) in [5.41, 5.74) is 3.94. The number of rotatable bonds is 5. The fourth-order valence-electron chi connectivity index (χ4n) is 2.63. The molecule has 2 aromatic carbocycles. The van der Waals surface area contributed by atoms with Gasteiger partial charge in [-0.15, -0.1) is 0 Å². The number of carbonyl (C=O) groups excluding carboxylic acids is 2. The summed E-state index contributed by atoms with van der Waals surface area (Å²) in [5, 5.41) is 5.61. The Morgan fingerprint density at radius 2 is 1.69 bits per heavy atom. The molecule has 26 heavy (non-hydrogen) atoms. The first kappa shape index (κ1) is 19.7. The zero-order valence-electron chi connectivity index (χ0n) is 16.2. The average Bonchev–Trinajstić information content (AvgIpc) is 2.59. The van der Waals surface area contributed by atoms with E-state index in [-0.39, 0.29) is 17.2 Å². The van der Waals surface area contributed by atoms with Gasteiger partial charge in [-0.2, -0.15) is 0 Å². The predicted molar refractivity (Wildman–Crippen MR) is 105 cm³/mol. The molecule has 0 aromatic heterocycles. The Morgan fingerprint density at radius 1 is 1.04 bits per heavy atom. The van der Waals surface area contributed by atoms with Crippen molar-refractivity contribution in [2.24, 2.45) is 0 Å². The van der Waals surface area contributed by atoms with E-state index in [1.807, 2.05) is 43.3 Å². The van der Waals surface area contributed by atoms with Crippen LogP contribution in [0.15, 0.2) is 48.5 Å². The van der Waals surface area contributed by atoms with Gasteiger partial charge in [0.05, 0.1) is 0 Å². The summed E-state index contributed by atoms with van der Waals surface area (Å²) >= 11 is 0. The molecule has 4 heteroatoms. The minimum absolute atomic E-state index is 0.0397. The molecule has 2 rings (SSSR count). The van der Waals surface area contributed by atoms with E-state index in [1.165, 1.54) is 0 Å². The Bertz CT molecular complexity index is 773. The molecule has 4 nitrogen and oxygen atoms in total. The monoisotopic (exact) mass is 352 g/mol. The maximum absolute atomic E-state index is 12.3. The van der Waals surface area contributed by atoms with E-state index in [0.717, 1.165) is 16.7 Å². The number of nitrogens with one attached hydrogen (secondary N) is 2. The quantitative estimate of drug-likeness (QED) is 0.861. The van der Waals surface area contributed by atoms with E-state index in [2.05, 4.69) is 31.4 Å². The summed E-state index contributed by atoms with van der Waals surface area (Å²) < 4.78 is 0. The van der Waals surface area contributed by atoms with Crippen molar-refractivity contribution in [3.63, 3.8) is 0 Å². The first-order chi connectivity index (χ1) is 12.2. The van der Waals surface area contributed by atoms with Crippen LogP contribution in [0.2, 0.25) is 0 Å². The van der Waals surface area contributed by atoms with E-state index in [9.17, 15) is 9.59 Å². The average molecular weight is 352 g/mol. The molecule has 138 valence electrons. The van der Waals surface area contributed by atoms with Crippen LogP contribution < -0.4 is 10.6 Å². The van der Waals surface area contributed by atoms with E-state index in [4.69, 9.17) is 0 Å². The van der Waals surface area contributed by atoms with Crippen molar-refractivity contribution < 1.29 is 9.59 Å². The highest BCUT2D eigenvalue weighted by atomic mass is 16.2. The third-order valence-electron chi connectivity index (χ3n) is 4.30. The Kier molecular flexibility index (Phi) is 6.19. The lowest BCUT2D eigenvalue weighted by molar-refractivity contribution is -0.122. The van der Waals surface area contributed by atoms with Gasteiger partial charge in [0.1, 0.15) is 6.04 Å². The smallest absolute Gasteiger partial charge is 0.251 e. The Hall–Kier alpha value is -2.62. The third kappa shape index (κ3) is 5.45. The summed E-state index contributed by atoms with van der Waals surface area (Å²) in [5.74, 6) is -0.449. The number of carbonyl (C=O) groups is 2. The zero-order chi connectivity index (χ0) is 19.3. The molecule has 0 aliphatic rings. The minimum atomic E-state index is -0.602. The number of amides is 2. The molecule has 0 saturated carbocycles. The first-order valence-corrected chi connectivity index (χ1v) is 8.91. The highest BCUT2D eigenvalue weighted by molar-refractivity contribution is 5.97.